The van der Waals surface area contributed by atoms with Gasteiger partial charge in [-0.25, -0.2) is 4.98 Å². The van der Waals surface area contributed by atoms with Crippen LogP contribution in [0.2, 0.25) is 0 Å². The van der Waals surface area contributed by atoms with E-state index in [0.29, 0.717) is 22.5 Å². The fourth-order valence-corrected chi connectivity index (χ4v) is 3.57. The van der Waals surface area contributed by atoms with Crippen LogP contribution in [0.15, 0.2) is 40.5 Å². The summed E-state index contributed by atoms with van der Waals surface area (Å²) in [5.41, 5.74) is 1.47. The van der Waals surface area contributed by atoms with E-state index < -0.39 is 5.97 Å². The quantitative estimate of drug-likeness (QED) is 0.781. The second-order valence-electron chi connectivity index (χ2n) is 5.26. The first kappa shape index (κ1) is 15.4. The molecule has 0 fully saturated rings. The minimum atomic E-state index is -1.04. The number of fused-ring (bicyclic) bond motifs is 1. The van der Waals surface area contributed by atoms with Crippen molar-refractivity contribution in [3.05, 3.63) is 51.9 Å². The molecule has 23 heavy (non-hydrogen) atoms. The number of thiophene rings is 1. The van der Waals surface area contributed by atoms with E-state index >= 15 is 0 Å². The Kier molecular flexibility index (Phi) is 4.25. The van der Waals surface area contributed by atoms with Gasteiger partial charge in [0.15, 0.2) is 0 Å². The second-order valence-corrected chi connectivity index (χ2v) is 6.12. The molecule has 0 bridgehead atoms. The summed E-state index contributed by atoms with van der Waals surface area (Å²) in [6, 6.07) is 9.60. The van der Waals surface area contributed by atoms with E-state index in [0.717, 1.165) is 17.5 Å². The van der Waals surface area contributed by atoms with Crippen molar-refractivity contribution in [3.8, 4) is 11.1 Å². The molecule has 5 nitrogen and oxygen atoms in total. The van der Waals surface area contributed by atoms with E-state index in [1.54, 1.807) is 0 Å². The van der Waals surface area contributed by atoms with Crippen LogP contribution >= 0.6 is 11.3 Å². The number of hydrogen-bond donors (Lipinski definition) is 1. The minimum Gasteiger partial charge on any atom is -0.480 e. The van der Waals surface area contributed by atoms with Crippen LogP contribution in [0, 0.1) is 0 Å². The van der Waals surface area contributed by atoms with Crippen molar-refractivity contribution in [3.63, 3.8) is 0 Å². The molecule has 0 spiro atoms. The Balaban J connectivity index is 2.28. The maximum Gasteiger partial charge on any atom is 0.323 e. The molecule has 0 atom stereocenters. The number of carbonyl (C=O) groups is 1. The lowest BCUT2D eigenvalue weighted by atomic mass is 10.1. The highest BCUT2D eigenvalue weighted by molar-refractivity contribution is 7.17. The molecule has 0 saturated carbocycles. The monoisotopic (exact) mass is 328 g/mol. The minimum absolute atomic E-state index is 0.277. The molecule has 0 saturated heterocycles. The zero-order valence-electron chi connectivity index (χ0n) is 12.7. The SMILES string of the molecule is CCCc1nc2scc(-c3ccccc3)c2c(=O)n1CC(=O)O. The Hall–Kier alpha value is -2.47. The van der Waals surface area contributed by atoms with Crippen molar-refractivity contribution in [1.82, 2.24) is 9.55 Å². The third-order valence-corrected chi connectivity index (χ3v) is 4.50. The Morgan fingerprint density at radius 3 is 2.70 bits per heavy atom. The van der Waals surface area contributed by atoms with Gasteiger partial charge in [-0.2, -0.15) is 0 Å². The molecule has 0 aliphatic heterocycles. The van der Waals surface area contributed by atoms with Crippen LogP contribution in [0.4, 0.5) is 0 Å². The highest BCUT2D eigenvalue weighted by Crippen LogP contribution is 2.30. The number of rotatable bonds is 5. The average Bonchev–Trinajstić information content (AvgIpc) is 2.96. The van der Waals surface area contributed by atoms with Crippen LogP contribution in [0.1, 0.15) is 19.2 Å². The molecule has 0 unspecified atom stereocenters. The fraction of sp³-hybridized carbons (Fsp3) is 0.235. The number of aromatic nitrogens is 2. The zero-order valence-corrected chi connectivity index (χ0v) is 13.5. The lowest BCUT2D eigenvalue weighted by molar-refractivity contribution is -0.137. The summed E-state index contributed by atoms with van der Waals surface area (Å²) in [6.45, 7) is 1.62. The van der Waals surface area contributed by atoms with E-state index in [1.807, 2.05) is 42.6 Å². The molecule has 118 valence electrons. The number of benzene rings is 1. The first-order valence-corrected chi connectivity index (χ1v) is 8.28. The average molecular weight is 328 g/mol. The Morgan fingerprint density at radius 1 is 1.30 bits per heavy atom. The summed E-state index contributed by atoms with van der Waals surface area (Å²) in [7, 11) is 0. The molecule has 6 heteroatoms. The third kappa shape index (κ3) is 2.90. The maximum absolute atomic E-state index is 12.9. The van der Waals surface area contributed by atoms with Gasteiger partial charge in [0.05, 0.1) is 5.39 Å². The highest BCUT2D eigenvalue weighted by Gasteiger charge is 2.17. The Bertz CT molecular complexity index is 913. The number of aryl methyl sites for hydroxylation is 1. The van der Waals surface area contributed by atoms with Crippen molar-refractivity contribution in [2.24, 2.45) is 0 Å². The number of hydrogen-bond acceptors (Lipinski definition) is 4. The van der Waals surface area contributed by atoms with Crippen LogP contribution in [-0.4, -0.2) is 20.6 Å². The summed E-state index contributed by atoms with van der Waals surface area (Å²) in [5.74, 6) is -0.504. The molecule has 3 rings (SSSR count). The first-order chi connectivity index (χ1) is 11.1. The maximum atomic E-state index is 12.9. The number of aliphatic carboxylic acids is 1. The van der Waals surface area contributed by atoms with Gasteiger partial charge in [0.25, 0.3) is 5.56 Å². The lowest BCUT2D eigenvalue weighted by Gasteiger charge is -2.10. The molecule has 0 radical (unpaired) electrons. The summed E-state index contributed by atoms with van der Waals surface area (Å²) in [6.07, 6.45) is 1.38. The molecule has 0 amide bonds. The summed E-state index contributed by atoms with van der Waals surface area (Å²) in [4.78, 5) is 29.2. The predicted octanol–water partition coefficient (Wildman–Crippen LogP) is 3.16. The van der Waals surface area contributed by atoms with E-state index in [2.05, 4.69) is 4.98 Å². The molecule has 0 aliphatic carbocycles. The van der Waals surface area contributed by atoms with Crippen molar-refractivity contribution < 1.29 is 9.90 Å². The van der Waals surface area contributed by atoms with Crippen molar-refractivity contribution in [1.29, 1.82) is 0 Å². The van der Waals surface area contributed by atoms with Gasteiger partial charge in [-0.1, -0.05) is 37.3 Å². The van der Waals surface area contributed by atoms with Crippen molar-refractivity contribution in [2.75, 3.05) is 0 Å². The smallest absolute Gasteiger partial charge is 0.323 e. The van der Waals surface area contributed by atoms with Gasteiger partial charge < -0.3 is 5.11 Å². The van der Waals surface area contributed by atoms with Crippen LogP contribution < -0.4 is 5.56 Å². The van der Waals surface area contributed by atoms with Crippen molar-refractivity contribution >= 4 is 27.5 Å². The molecule has 1 N–H and O–H groups in total. The second kappa shape index (κ2) is 6.34. The number of carboxylic acids is 1. The highest BCUT2D eigenvalue weighted by atomic mass is 32.1. The van der Waals surface area contributed by atoms with E-state index in [1.165, 1.54) is 15.9 Å². The molecule has 2 heterocycles. The van der Waals surface area contributed by atoms with Gasteiger partial charge in [-0.05, 0) is 12.0 Å². The summed E-state index contributed by atoms with van der Waals surface area (Å²) in [5, 5.41) is 11.5. The molecule has 3 aromatic rings. The molecular formula is C17H16N2O3S. The fourth-order valence-electron chi connectivity index (χ4n) is 2.61. The lowest BCUT2D eigenvalue weighted by Crippen LogP contribution is -2.28. The van der Waals surface area contributed by atoms with Gasteiger partial charge in [-0.3, -0.25) is 14.2 Å². The van der Waals surface area contributed by atoms with Crippen LogP contribution in [-0.2, 0) is 17.8 Å². The van der Waals surface area contributed by atoms with Crippen LogP contribution in [0.5, 0.6) is 0 Å². The van der Waals surface area contributed by atoms with Gasteiger partial charge >= 0.3 is 5.97 Å². The predicted molar refractivity (Wildman–Crippen MR) is 90.9 cm³/mol. The molecule has 0 aliphatic rings. The molecular weight excluding hydrogens is 312 g/mol. The van der Waals surface area contributed by atoms with Gasteiger partial charge in [0, 0.05) is 17.4 Å². The molecule has 1 aromatic carbocycles. The zero-order chi connectivity index (χ0) is 16.4. The largest absolute Gasteiger partial charge is 0.480 e. The van der Waals surface area contributed by atoms with Gasteiger partial charge in [0.1, 0.15) is 17.2 Å². The Labute approximate surface area is 136 Å². The standard InChI is InChI=1S/C17H16N2O3S/c1-2-6-13-18-16-15(17(22)19(13)9-14(20)21)12(10-23-16)11-7-4-3-5-8-11/h3-5,7-8,10H,2,6,9H2,1H3,(H,20,21). The van der Waals surface area contributed by atoms with E-state index in [9.17, 15) is 9.59 Å². The third-order valence-electron chi connectivity index (χ3n) is 3.62. The van der Waals surface area contributed by atoms with Gasteiger partial charge in [0.2, 0.25) is 0 Å². The first-order valence-electron chi connectivity index (χ1n) is 7.40. The van der Waals surface area contributed by atoms with Gasteiger partial charge in [-0.15, -0.1) is 11.3 Å². The van der Waals surface area contributed by atoms with Crippen LogP contribution in [0.25, 0.3) is 21.3 Å². The normalized spacial score (nSPS) is 11.0. The number of carboxylic acid groups (broad SMARTS) is 1. The molecule has 2 aromatic heterocycles. The number of nitrogens with zero attached hydrogens (tertiary/aromatic N) is 2. The van der Waals surface area contributed by atoms with Crippen molar-refractivity contribution in [2.45, 2.75) is 26.3 Å². The summed E-state index contributed by atoms with van der Waals surface area (Å²) < 4.78 is 1.29. The Morgan fingerprint density at radius 2 is 2.04 bits per heavy atom. The van der Waals surface area contributed by atoms with E-state index in [4.69, 9.17) is 5.11 Å². The topological polar surface area (TPSA) is 72.2 Å². The van der Waals surface area contributed by atoms with E-state index in [-0.39, 0.29) is 12.1 Å². The van der Waals surface area contributed by atoms with Crippen LogP contribution in [0.3, 0.4) is 0 Å². The summed E-state index contributed by atoms with van der Waals surface area (Å²) >= 11 is 1.42.